The van der Waals surface area contributed by atoms with Gasteiger partial charge in [0.25, 0.3) is 5.91 Å². The Balaban J connectivity index is 1.30. The van der Waals surface area contributed by atoms with Gasteiger partial charge in [-0.15, -0.1) is 0 Å². The molecule has 3 aliphatic rings. The summed E-state index contributed by atoms with van der Waals surface area (Å²) < 4.78 is 4.98. The summed E-state index contributed by atoms with van der Waals surface area (Å²) in [6.45, 7) is 2.91. The fourth-order valence-corrected chi connectivity index (χ4v) is 4.51. The third kappa shape index (κ3) is 3.00. The average molecular weight is 382 g/mol. The first kappa shape index (κ1) is 18.4. The maximum atomic E-state index is 12.6. The molecule has 0 unspecified atom stereocenters. The van der Waals surface area contributed by atoms with Crippen LogP contribution >= 0.6 is 0 Å². The van der Waals surface area contributed by atoms with Gasteiger partial charge in [0.05, 0.1) is 11.8 Å². The molecule has 0 spiro atoms. The van der Waals surface area contributed by atoms with Crippen LogP contribution in [0.2, 0.25) is 0 Å². The van der Waals surface area contributed by atoms with Crippen molar-refractivity contribution in [2.45, 2.75) is 20.3 Å². The Morgan fingerprint density at radius 2 is 1.75 bits per heavy atom. The van der Waals surface area contributed by atoms with Crippen LogP contribution in [0.1, 0.15) is 17.5 Å². The van der Waals surface area contributed by atoms with E-state index in [1.807, 2.05) is 38.1 Å². The number of nitrogens with one attached hydrogen (secondary N) is 1. The number of ether oxygens (including phenoxy) is 1. The Morgan fingerprint density at radius 1 is 1.11 bits per heavy atom. The van der Waals surface area contributed by atoms with E-state index in [9.17, 15) is 19.2 Å². The van der Waals surface area contributed by atoms with Gasteiger partial charge in [0.1, 0.15) is 6.54 Å². The monoisotopic (exact) mass is 382 g/mol. The fraction of sp³-hybridized carbons (Fsp3) is 0.429. The van der Waals surface area contributed by atoms with Crippen molar-refractivity contribution in [2.75, 3.05) is 18.5 Å². The molecule has 2 aliphatic carbocycles. The molecule has 7 nitrogen and oxygen atoms in total. The fourth-order valence-electron chi connectivity index (χ4n) is 4.51. The average Bonchev–Trinajstić information content (AvgIpc) is 3.34. The summed E-state index contributed by atoms with van der Waals surface area (Å²) in [7, 11) is 0. The lowest BCUT2D eigenvalue weighted by Crippen LogP contribution is -2.38. The van der Waals surface area contributed by atoms with E-state index < -0.39 is 25.0 Å². The molecule has 2 bridgehead atoms. The van der Waals surface area contributed by atoms with E-state index in [4.69, 9.17) is 4.74 Å². The van der Waals surface area contributed by atoms with Crippen LogP contribution in [0.15, 0.2) is 30.4 Å². The van der Waals surface area contributed by atoms with Crippen molar-refractivity contribution in [1.29, 1.82) is 0 Å². The van der Waals surface area contributed by atoms with Gasteiger partial charge >= 0.3 is 5.97 Å². The second-order valence-electron chi connectivity index (χ2n) is 7.72. The van der Waals surface area contributed by atoms with Crippen LogP contribution in [0.25, 0.3) is 0 Å². The zero-order chi connectivity index (χ0) is 20.0. The second kappa shape index (κ2) is 6.89. The topological polar surface area (TPSA) is 92.8 Å². The molecule has 1 aromatic carbocycles. The standard InChI is InChI=1S/C21H22N2O5/c1-11-4-3-5-15(12(11)2)22-16(24)10-28-17(25)9-23-20(26)18-13-6-7-14(8-13)19(18)21(23)27/h3-7,13-14,18-19H,8-10H2,1-2H3,(H,22,24)/t13-,14-,18+,19+/m0/s1. The zero-order valence-corrected chi connectivity index (χ0v) is 15.8. The Labute approximate surface area is 162 Å². The maximum absolute atomic E-state index is 12.6. The Morgan fingerprint density at radius 3 is 2.39 bits per heavy atom. The van der Waals surface area contributed by atoms with Crippen molar-refractivity contribution in [2.24, 2.45) is 23.7 Å². The number of anilines is 1. The molecule has 146 valence electrons. The van der Waals surface area contributed by atoms with Crippen LogP contribution in [0.3, 0.4) is 0 Å². The lowest BCUT2D eigenvalue weighted by Gasteiger charge is -2.16. The Hall–Kier alpha value is -2.96. The normalized spacial score (nSPS) is 27.3. The summed E-state index contributed by atoms with van der Waals surface area (Å²) >= 11 is 0. The largest absolute Gasteiger partial charge is 0.454 e. The maximum Gasteiger partial charge on any atom is 0.326 e. The van der Waals surface area contributed by atoms with Gasteiger partial charge in [0, 0.05) is 5.69 Å². The minimum atomic E-state index is -0.766. The van der Waals surface area contributed by atoms with E-state index >= 15 is 0 Å². The predicted molar refractivity (Wildman–Crippen MR) is 99.9 cm³/mol. The summed E-state index contributed by atoms with van der Waals surface area (Å²) in [6.07, 6.45) is 4.83. The number of aryl methyl sites for hydroxylation is 1. The first-order chi connectivity index (χ1) is 13.4. The summed E-state index contributed by atoms with van der Waals surface area (Å²) in [6, 6.07) is 5.53. The molecule has 1 aliphatic heterocycles. The molecule has 7 heteroatoms. The molecular weight excluding hydrogens is 360 g/mol. The van der Waals surface area contributed by atoms with Gasteiger partial charge in [-0.1, -0.05) is 24.3 Å². The van der Waals surface area contributed by atoms with E-state index in [2.05, 4.69) is 5.32 Å². The van der Waals surface area contributed by atoms with Gasteiger partial charge in [0.15, 0.2) is 6.61 Å². The highest BCUT2D eigenvalue weighted by molar-refractivity contribution is 6.08. The third-order valence-electron chi connectivity index (χ3n) is 6.09. The SMILES string of the molecule is Cc1cccc(NC(=O)COC(=O)CN2C(=O)[C@H]3[C@H](C2=O)[C@H]2C=C[C@H]3C2)c1C. The highest BCUT2D eigenvalue weighted by Crippen LogP contribution is 2.52. The molecule has 4 atom stereocenters. The molecular formula is C21H22N2O5. The van der Waals surface area contributed by atoms with E-state index in [0.29, 0.717) is 5.69 Å². The summed E-state index contributed by atoms with van der Waals surface area (Å²) in [5.41, 5.74) is 2.63. The second-order valence-corrected chi connectivity index (χ2v) is 7.72. The number of esters is 1. The number of nitrogens with zero attached hydrogens (tertiary/aromatic N) is 1. The van der Waals surface area contributed by atoms with E-state index in [1.54, 1.807) is 6.07 Å². The molecule has 1 heterocycles. The first-order valence-corrected chi connectivity index (χ1v) is 9.42. The van der Waals surface area contributed by atoms with Gasteiger partial charge in [-0.3, -0.25) is 24.1 Å². The number of carbonyl (C=O) groups excluding carboxylic acids is 4. The Kier molecular flexibility index (Phi) is 4.53. The zero-order valence-electron chi connectivity index (χ0n) is 15.8. The van der Waals surface area contributed by atoms with Gasteiger partial charge < -0.3 is 10.1 Å². The Bertz CT molecular complexity index is 876. The van der Waals surface area contributed by atoms with E-state index in [1.165, 1.54) is 0 Å². The minimum absolute atomic E-state index is 0.0933. The summed E-state index contributed by atoms with van der Waals surface area (Å²) in [5, 5.41) is 2.70. The molecule has 0 aromatic heterocycles. The van der Waals surface area contributed by atoms with E-state index in [0.717, 1.165) is 22.4 Å². The van der Waals surface area contributed by atoms with Crippen molar-refractivity contribution in [1.82, 2.24) is 4.90 Å². The number of likely N-dealkylation sites (tertiary alicyclic amines) is 1. The van der Waals surface area contributed by atoms with Crippen molar-refractivity contribution < 1.29 is 23.9 Å². The van der Waals surface area contributed by atoms with Crippen LogP contribution in [-0.2, 0) is 23.9 Å². The van der Waals surface area contributed by atoms with Crippen LogP contribution in [-0.4, -0.2) is 41.7 Å². The smallest absolute Gasteiger partial charge is 0.326 e. The molecule has 28 heavy (non-hydrogen) atoms. The van der Waals surface area contributed by atoms with Crippen molar-refractivity contribution in [3.05, 3.63) is 41.5 Å². The molecule has 3 amide bonds. The lowest BCUT2D eigenvalue weighted by molar-refractivity contribution is -0.154. The van der Waals surface area contributed by atoms with Gasteiger partial charge in [-0.05, 0) is 49.3 Å². The van der Waals surface area contributed by atoms with Crippen LogP contribution in [0, 0.1) is 37.5 Å². The summed E-state index contributed by atoms with van der Waals surface area (Å²) in [5.74, 6) is -2.34. The number of rotatable bonds is 5. The number of hydrogen-bond acceptors (Lipinski definition) is 5. The number of imide groups is 1. The van der Waals surface area contributed by atoms with Crippen molar-refractivity contribution in [3.8, 4) is 0 Å². The number of hydrogen-bond donors (Lipinski definition) is 1. The van der Waals surface area contributed by atoms with E-state index in [-0.39, 0.29) is 35.5 Å². The van der Waals surface area contributed by atoms with Gasteiger partial charge in [-0.25, -0.2) is 0 Å². The molecule has 1 aromatic rings. The van der Waals surface area contributed by atoms with Crippen molar-refractivity contribution >= 4 is 29.4 Å². The summed E-state index contributed by atoms with van der Waals surface area (Å²) in [4.78, 5) is 50.3. The van der Waals surface area contributed by atoms with Crippen LogP contribution in [0.5, 0.6) is 0 Å². The number of carbonyl (C=O) groups is 4. The molecule has 0 radical (unpaired) electrons. The molecule has 2 fully saturated rings. The number of benzene rings is 1. The number of allylic oxidation sites excluding steroid dienone is 2. The van der Waals surface area contributed by atoms with Crippen LogP contribution < -0.4 is 5.32 Å². The minimum Gasteiger partial charge on any atom is -0.454 e. The molecule has 1 N–H and O–H groups in total. The van der Waals surface area contributed by atoms with Gasteiger partial charge in [0.2, 0.25) is 11.8 Å². The van der Waals surface area contributed by atoms with Gasteiger partial charge in [-0.2, -0.15) is 0 Å². The number of fused-ring (bicyclic) bond motifs is 5. The molecule has 1 saturated carbocycles. The highest BCUT2D eigenvalue weighted by atomic mass is 16.5. The quantitative estimate of drug-likeness (QED) is 0.474. The van der Waals surface area contributed by atoms with Crippen molar-refractivity contribution in [3.63, 3.8) is 0 Å². The highest BCUT2D eigenvalue weighted by Gasteiger charge is 2.59. The predicted octanol–water partition coefficient (Wildman–Crippen LogP) is 1.59. The molecule has 1 saturated heterocycles. The third-order valence-corrected chi connectivity index (χ3v) is 6.09. The molecule has 4 rings (SSSR count). The number of amides is 3. The van der Waals surface area contributed by atoms with Crippen LogP contribution in [0.4, 0.5) is 5.69 Å². The lowest BCUT2D eigenvalue weighted by atomic mass is 9.85. The first-order valence-electron chi connectivity index (χ1n) is 9.42.